The fraction of sp³-hybridized carbons (Fsp3) is 0.115. The number of amidine groups is 1. The number of aliphatic imine (C=N–C) groups is 1. The summed E-state index contributed by atoms with van der Waals surface area (Å²) in [5, 5.41) is 2.93. The average molecular weight is 409 g/mol. The first kappa shape index (κ1) is 20.3. The molecule has 1 heterocycles. The molecule has 4 rings (SSSR count). The van der Waals surface area contributed by atoms with E-state index in [1.54, 1.807) is 11.0 Å². The van der Waals surface area contributed by atoms with E-state index in [2.05, 4.69) is 10.3 Å². The van der Waals surface area contributed by atoms with Crippen LogP contribution in [0.4, 0.5) is 5.69 Å². The molecule has 3 aromatic carbocycles. The van der Waals surface area contributed by atoms with Gasteiger partial charge in [-0.15, -0.1) is 0 Å². The van der Waals surface area contributed by atoms with Crippen molar-refractivity contribution in [2.75, 3.05) is 4.90 Å². The fourth-order valence-corrected chi connectivity index (χ4v) is 3.45. The van der Waals surface area contributed by atoms with Crippen molar-refractivity contribution >= 4 is 29.4 Å². The van der Waals surface area contributed by atoms with E-state index in [4.69, 9.17) is 0 Å². The second-order valence-electron chi connectivity index (χ2n) is 7.35. The maximum atomic E-state index is 12.9. The molecule has 0 atom stereocenters. The first-order chi connectivity index (χ1) is 15.1. The number of benzene rings is 3. The maximum absolute atomic E-state index is 12.9. The van der Waals surface area contributed by atoms with Gasteiger partial charge in [-0.3, -0.25) is 14.5 Å². The lowest BCUT2D eigenvalue weighted by molar-refractivity contribution is -0.120. The SMILES string of the molecule is CC1=NC(=Cc2ccccc2)C(=O)N1c1ccc(CC(=O)NCc2ccccc2)cc1. The molecular weight excluding hydrogens is 386 g/mol. The van der Waals surface area contributed by atoms with E-state index in [9.17, 15) is 9.59 Å². The Hall–Kier alpha value is -3.99. The number of carbonyl (C=O) groups is 2. The number of hydrogen-bond donors (Lipinski definition) is 1. The summed E-state index contributed by atoms with van der Waals surface area (Å²) in [6.07, 6.45) is 2.07. The van der Waals surface area contributed by atoms with Gasteiger partial charge in [-0.05, 0) is 41.8 Å². The van der Waals surface area contributed by atoms with Crippen molar-refractivity contribution in [1.82, 2.24) is 5.32 Å². The molecule has 0 unspecified atom stereocenters. The van der Waals surface area contributed by atoms with Crippen LogP contribution in [0.3, 0.4) is 0 Å². The lowest BCUT2D eigenvalue weighted by atomic mass is 10.1. The molecule has 1 aliphatic heterocycles. The molecule has 1 N–H and O–H groups in total. The third-order valence-electron chi connectivity index (χ3n) is 5.02. The summed E-state index contributed by atoms with van der Waals surface area (Å²) in [5.74, 6) is 0.426. The van der Waals surface area contributed by atoms with Crippen LogP contribution in [-0.4, -0.2) is 17.6 Å². The Morgan fingerprint density at radius 3 is 2.23 bits per heavy atom. The predicted octanol–water partition coefficient (Wildman–Crippen LogP) is 4.35. The van der Waals surface area contributed by atoms with Crippen LogP contribution in [0.1, 0.15) is 23.6 Å². The van der Waals surface area contributed by atoms with Gasteiger partial charge in [0.2, 0.25) is 5.91 Å². The minimum Gasteiger partial charge on any atom is -0.352 e. The van der Waals surface area contributed by atoms with Crippen LogP contribution in [0.2, 0.25) is 0 Å². The number of anilines is 1. The Balaban J connectivity index is 1.40. The van der Waals surface area contributed by atoms with Gasteiger partial charge in [0.15, 0.2) is 0 Å². The van der Waals surface area contributed by atoms with Crippen molar-refractivity contribution in [3.63, 3.8) is 0 Å². The molecule has 0 fully saturated rings. The first-order valence-corrected chi connectivity index (χ1v) is 10.2. The van der Waals surface area contributed by atoms with E-state index in [-0.39, 0.29) is 18.2 Å². The van der Waals surface area contributed by atoms with Gasteiger partial charge < -0.3 is 5.32 Å². The van der Waals surface area contributed by atoms with Gasteiger partial charge in [-0.2, -0.15) is 0 Å². The zero-order valence-electron chi connectivity index (χ0n) is 17.3. The summed E-state index contributed by atoms with van der Waals surface area (Å²) in [7, 11) is 0. The zero-order valence-corrected chi connectivity index (χ0v) is 17.3. The van der Waals surface area contributed by atoms with Gasteiger partial charge in [-0.1, -0.05) is 72.8 Å². The first-order valence-electron chi connectivity index (χ1n) is 10.2. The molecule has 0 spiro atoms. The van der Waals surface area contributed by atoms with Gasteiger partial charge in [0.25, 0.3) is 5.91 Å². The van der Waals surface area contributed by atoms with Crippen LogP contribution in [-0.2, 0) is 22.6 Å². The quantitative estimate of drug-likeness (QED) is 0.615. The summed E-state index contributed by atoms with van der Waals surface area (Å²) in [4.78, 5) is 31.2. The summed E-state index contributed by atoms with van der Waals surface area (Å²) in [6, 6.07) is 26.9. The molecule has 0 aromatic heterocycles. The summed E-state index contributed by atoms with van der Waals surface area (Å²) >= 11 is 0. The Labute approximate surface area is 181 Å². The van der Waals surface area contributed by atoms with E-state index in [0.29, 0.717) is 18.1 Å². The van der Waals surface area contributed by atoms with E-state index in [1.807, 2.05) is 91.9 Å². The van der Waals surface area contributed by atoms with Crippen LogP contribution >= 0.6 is 0 Å². The van der Waals surface area contributed by atoms with E-state index in [1.165, 1.54) is 0 Å². The molecule has 5 nitrogen and oxygen atoms in total. The van der Waals surface area contributed by atoms with Crippen molar-refractivity contribution in [1.29, 1.82) is 0 Å². The Morgan fingerprint density at radius 2 is 1.55 bits per heavy atom. The molecule has 2 amide bonds. The van der Waals surface area contributed by atoms with Crippen molar-refractivity contribution in [3.05, 3.63) is 107 Å². The molecule has 3 aromatic rings. The van der Waals surface area contributed by atoms with Crippen LogP contribution in [0.15, 0.2) is 95.6 Å². The van der Waals surface area contributed by atoms with Crippen LogP contribution < -0.4 is 10.2 Å². The number of carbonyl (C=O) groups excluding carboxylic acids is 2. The number of amides is 2. The second kappa shape index (κ2) is 9.22. The third-order valence-corrected chi connectivity index (χ3v) is 5.02. The smallest absolute Gasteiger partial charge is 0.282 e. The van der Waals surface area contributed by atoms with Crippen molar-refractivity contribution in [2.24, 2.45) is 4.99 Å². The van der Waals surface area contributed by atoms with E-state index < -0.39 is 0 Å². The molecule has 31 heavy (non-hydrogen) atoms. The van der Waals surface area contributed by atoms with E-state index in [0.717, 1.165) is 22.4 Å². The zero-order chi connectivity index (χ0) is 21.6. The van der Waals surface area contributed by atoms with Crippen LogP contribution in [0, 0.1) is 0 Å². The second-order valence-corrected chi connectivity index (χ2v) is 7.35. The number of hydrogen-bond acceptors (Lipinski definition) is 3. The summed E-state index contributed by atoms with van der Waals surface area (Å²) in [5.41, 5.74) is 4.02. The summed E-state index contributed by atoms with van der Waals surface area (Å²) < 4.78 is 0. The highest BCUT2D eigenvalue weighted by atomic mass is 16.2. The van der Waals surface area contributed by atoms with Gasteiger partial charge in [-0.25, -0.2) is 4.99 Å². The molecule has 0 bridgehead atoms. The summed E-state index contributed by atoms with van der Waals surface area (Å²) in [6.45, 7) is 2.32. The van der Waals surface area contributed by atoms with Crippen molar-refractivity contribution < 1.29 is 9.59 Å². The van der Waals surface area contributed by atoms with Crippen LogP contribution in [0.5, 0.6) is 0 Å². The Bertz CT molecular complexity index is 1130. The number of rotatable bonds is 6. The topological polar surface area (TPSA) is 61.8 Å². The standard InChI is InChI=1S/C26H23N3O2/c1-19-28-24(16-20-8-4-2-5-9-20)26(31)29(19)23-14-12-21(13-15-23)17-25(30)27-18-22-10-6-3-7-11-22/h2-16H,17-18H2,1H3,(H,27,30). The third kappa shape index (κ3) is 4.95. The molecule has 0 radical (unpaired) electrons. The molecule has 1 aliphatic rings. The van der Waals surface area contributed by atoms with Gasteiger partial charge in [0.1, 0.15) is 11.5 Å². The highest BCUT2D eigenvalue weighted by Crippen LogP contribution is 2.25. The van der Waals surface area contributed by atoms with Crippen LogP contribution in [0.25, 0.3) is 6.08 Å². The molecule has 5 heteroatoms. The highest BCUT2D eigenvalue weighted by molar-refractivity contribution is 6.28. The maximum Gasteiger partial charge on any atom is 0.282 e. The highest BCUT2D eigenvalue weighted by Gasteiger charge is 2.28. The lowest BCUT2D eigenvalue weighted by Crippen LogP contribution is -2.30. The number of nitrogens with zero attached hydrogens (tertiary/aromatic N) is 2. The predicted molar refractivity (Wildman–Crippen MR) is 123 cm³/mol. The Morgan fingerprint density at radius 1 is 0.903 bits per heavy atom. The Kier molecular flexibility index (Phi) is 6.03. The van der Waals surface area contributed by atoms with E-state index >= 15 is 0 Å². The number of nitrogens with one attached hydrogen (secondary N) is 1. The van der Waals surface area contributed by atoms with Gasteiger partial charge >= 0.3 is 0 Å². The fourth-order valence-electron chi connectivity index (χ4n) is 3.45. The van der Waals surface area contributed by atoms with Crippen molar-refractivity contribution in [2.45, 2.75) is 19.9 Å². The molecule has 0 aliphatic carbocycles. The minimum absolute atomic E-state index is 0.0420. The minimum atomic E-state index is -0.158. The van der Waals surface area contributed by atoms with Gasteiger partial charge in [0.05, 0.1) is 12.1 Å². The van der Waals surface area contributed by atoms with Crippen molar-refractivity contribution in [3.8, 4) is 0 Å². The average Bonchev–Trinajstić information content (AvgIpc) is 3.07. The molecule has 0 saturated carbocycles. The molecular formula is C26H23N3O2. The monoisotopic (exact) mass is 409 g/mol. The molecule has 154 valence electrons. The lowest BCUT2D eigenvalue weighted by Gasteiger charge is -2.16. The molecule has 0 saturated heterocycles. The van der Waals surface area contributed by atoms with Gasteiger partial charge in [0, 0.05) is 6.54 Å². The normalized spacial score (nSPS) is 14.6. The largest absolute Gasteiger partial charge is 0.352 e.